The van der Waals surface area contributed by atoms with E-state index in [1.54, 1.807) is 6.07 Å². The van der Waals surface area contributed by atoms with Crippen LogP contribution in [0.3, 0.4) is 0 Å². The molecule has 0 bridgehead atoms. The Kier molecular flexibility index (Phi) is 6.37. The van der Waals surface area contributed by atoms with Gasteiger partial charge in [-0.3, -0.25) is 0 Å². The van der Waals surface area contributed by atoms with Crippen LogP contribution in [0.5, 0.6) is 5.75 Å². The second-order valence-corrected chi connectivity index (χ2v) is 6.43. The fourth-order valence-electron chi connectivity index (χ4n) is 1.97. The monoisotopic (exact) mass is 387 g/mol. The molecule has 0 aliphatic heterocycles. The molecule has 2 aromatic carbocycles. The number of halogens is 3. The molecule has 2 N–H and O–H groups in total. The maximum Gasteiger partial charge on any atom is 0.123 e. The first kappa shape index (κ1) is 16.6. The molecule has 0 saturated carbocycles. The molecule has 112 valence electrons. The fourth-order valence-corrected chi connectivity index (χ4v) is 2.84. The largest absolute Gasteiger partial charge is 0.489 e. The van der Waals surface area contributed by atoms with Crippen LogP contribution in [0.25, 0.3) is 0 Å². The summed E-state index contributed by atoms with van der Waals surface area (Å²) in [7, 11) is 0. The van der Waals surface area contributed by atoms with Crippen LogP contribution < -0.4 is 10.5 Å². The van der Waals surface area contributed by atoms with Crippen molar-refractivity contribution >= 4 is 39.1 Å². The van der Waals surface area contributed by atoms with E-state index in [2.05, 4.69) is 22.0 Å². The Hall–Kier alpha value is -0.740. The van der Waals surface area contributed by atoms with Crippen LogP contribution in [0.1, 0.15) is 17.5 Å². The minimum Gasteiger partial charge on any atom is -0.489 e. The van der Waals surface area contributed by atoms with Gasteiger partial charge >= 0.3 is 0 Å². The molecule has 2 aromatic rings. The van der Waals surface area contributed by atoms with Gasteiger partial charge in [0.05, 0.1) is 0 Å². The topological polar surface area (TPSA) is 35.2 Å². The van der Waals surface area contributed by atoms with Crippen molar-refractivity contribution < 1.29 is 4.74 Å². The van der Waals surface area contributed by atoms with Crippen molar-refractivity contribution in [1.29, 1.82) is 0 Å². The van der Waals surface area contributed by atoms with Gasteiger partial charge in [-0.1, -0.05) is 45.2 Å². The molecule has 0 saturated heterocycles. The predicted octanol–water partition coefficient (Wildman–Crippen LogP) is 5.23. The normalized spacial score (nSPS) is 10.7. The number of hydrogen-bond acceptors (Lipinski definition) is 2. The van der Waals surface area contributed by atoms with Crippen molar-refractivity contribution in [3.8, 4) is 5.75 Å². The van der Waals surface area contributed by atoms with Gasteiger partial charge in [-0.15, -0.1) is 0 Å². The number of ether oxygens (including phenoxy) is 1. The molecule has 0 aliphatic carbocycles. The lowest BCUT2D eigenvalue weighted by Crippen LogP contribution is -2.03. The van der Waals surface area contributed by atoms with Crippen molar-refractivity contribution in [2.45, 2.75) is 19.4 Å². The predicted molar refractivity (Wildman–Crippen MR) is 92.3 cm³/mol. The van der Waals surface area contributed by atoms with E-state index in [0.29, 0.717) is 23.2 Å². The molecule has 0 spiro atoms. The number of aryl methyl sites for hydroxylation is 1. The van der Waals surface area contributed by atoms with E-state index in [9.17, 15) is 0 Å². The molecule has 0 radical (unpaired) electrons. The minimum atomic E-state index is 0.410. The summed E-state index contributed by atoms with van der Waals surface area (Å²) in [4.78, 5) is 0. The Morgan fingerprint density at radius 1 is 1.05 bits per heavy atom. The van der Waals surface area contributed by atoms with Crippen molar-refractivity contribution in [2.75, 3.05) is 6.54 Å². The van der Waals surface area contributed by atoms with Crippen LogP contribution in [0, 0.1) is 0 Å². The van der Waals surface area contributed by atoms with Crippen LogP contribution in [0.4, 0.5) is 0 Å². The van der Waals surface area contributed by atoms with Crippen LogP contribution in [-0.2, 0) is 13.0 Å². The Morgan fingerprint density at radius 2 is 1.86 bits per heavy atom. The molecule has 0 aromatic heterocycles. The standard InChI is InChI=1S/C16H16BrCl2NO/c17-13-4-6-16(11(8-13)2-1-7-20)21-10-12-3-5-14(18)9-15(12)19/h3-6,8-9H,1-2,7,10,20H2. The van der Waals surface area contributed by atoms with Crippen LogP contribution in [0.15, 0.2) is 40.9 Å². The van der Waals surface area contributed by atoms with E-state index in [0.717, 1.165) is 34.2 Å². The zero-order chi connectivity index (χ0) is 15.2. The van der Waals surface area contributed by atoms with E-state index in [-0.39, 0.29) is 0 Å². The molecule has 2 nitrogen and oxygen atoms in total. The van der Waals surface area contributed by atoms with Gasteiger partial charge in [0.15, 0.2) is 0 Å². The Labute approximate surface area is 143 Å². The van der Waals surface area contributed by atoms with Gasteiger partial charge in [-0.25, -0.2) is 0 Å². The molecule has 0 amide bonds. The summed E-state index contributed by atoms with van der Waals surface area (Å²) in [6, 6.07) is 11.4. The molecule has 0 fully saturated rings. The van der Waals surface area contributed by atoms with Crippen LogP contribution in [-0.4, -0.2) is 6.54 Å². The lowest BCUT2D eigenvalue weighted by Gasteiger charge is -2.13. The summed E-state index contributed by atoms with van der Waals surface area (Å²) in [5.41, 5.74) is 7.63. The molecule has 0 atom stereocenters. The van der Waals surface area contributed by atoms with E-state index in [1.165, 1.54) is 0 Å². The summed E-state index contributed by atoms with van der Waals surface area (Å²) in [6.45, 7) is 1.07. The first-order valence-electron chi connectivity index (χ1n) is 6.65. The van der Waals surface area contributed by atoms with Crippen molar-refractivity contribution in [1.82, 2.24) is 0 Å². The van der Waals surface area contributed by atoms with Crippen molar-refractivity contribution in [3.05, 3.63) is 62.0 Å². The molecule has 2 rings (SSSR count). The molecular formula is C16H16BrCl2NO. The summed E-state index contributed by atoms with van der Waals surface area (Å²) < 4.78 is 6.94. The van der Waals surface area contributed by atoms with Gasteiger partial charge in [0, 0.05) is 20.1 Å². The fraction of sp³-hybridized carbons (Fsp3) is 0.250. The third-order valence-electron chi connectivity index (χ3n) is 3.07. The summed E-state index contributed by atoms with van der Waals surface area (Å²) in [6.07, 6.45) is 1.81. The summed E-state index contributed by atoms with van der Waals surface area (Å²) in [5.74, 6) is 0.859. The third kappa shape index (κ3) is 4.89. The van der Waals surface area contributed by atoms with Crippen molar-refractivity contribution in [2.24, 2.45) is 5.73 Å². The molecule has 21 heavy (non-hydrogen) atoms. The average molecular weight is 389 g/mol. The molecule has 5 heteroatoms. The lowest BCUT2D eigenvalue weighted by molar-refractivity contribution is 0.303. The van der Waals surface area contributed by atoms with Gasteiger partial charge in [0.1, 0.15) is 12.4 Å². The molecule has 0 unspecified atom stereocenters. The van der Waals surface area contributed by atoms with Gasteiger partial charge in [0.2, 0.25) is 0 Å². The van der Waals surface area contributed by atoms with Gasteiger partial charge in [0.25, 0.3) is 0 Å². The molecule has 0 aliphatic rings. The van der Waals surface area contributed by atoms with Crippen LogP contribution in [0.2, 0.25) is 10.0 Å². The van der Waals surface area contributed by atoms with E-state index >= 15 is 0 Å². The number of benzene rings is 2. The molecular weight excluding hydrogens is 373 g/mol. The second-order valence-electron chi connectivity index (χ2n) is 4.67. The van der Waals surface area contributed by atoms with Gasteiger partial charge in [-0.2, -0.15) is 0 Å². The van der Waals surface area contributed by atoms with Crippen molar-refractivity contribution in [3.63, 3.8) is 0 Å². The Morgan fingerprint density at radius 3 is 2.57 bits per heavy atom. The smallest absolute Gasteiger partial charge is 0.123 e. The quantitative estimate of drug-likeness (QED) is 0.735. The second kappa shape index (κ2) is 8.04. The lowest BCUT2D eigenvalue weighted by atomic mass is 10.1. The third-order valence-corrected chi connectivity index (χ3v) is 4.15. The minimum absolute atomic E-state index is 0.410. The van der Waals surface area contributed by atoms with Gasteiger partial charge < -0.3 is 10.5 Å². The first-order chi connectivity index (χ1) is 10.1. The van der Waals surface area contributed by atoms with Gasteiger partial charge in [-0.05, 0) is 55.3 Å². The number of rotatable bonds is 6. The average Bonchev–Trinajstić information content (AvgIpc) is 2.45. The maximum atomic E-state index is 6.16. The zero-order valence-corrected chi connectivity index (χ0v) is 14.5. The van der Waals surface area contributed by atoms with E-state index in [4.69, 9.17) is 33.7 Å². The first-order valence-corrected chi connectivity index (χ1v) is 8.20. The highest BCUT2D eigenvalue weighted by atomic mass is 79.9. The van der Waals surface area contributed by atoms with E-state index < -0.39 is 0 Å². The Bertz CT molecular complexity index is 619. The molecule has 0 heterocycles. The Balaban J connectivity index is 2.11. The summed E-state index contributed by atoms with van der Waals surface area (Å²) in [5, 5.41) is 1.24. The number of nitrogens with two attached hydrogens (primary N) is 1. The van der Waals surface area contributed by atoms with E-state index in [1.807, 2.05) is 24.3 Å². The summed E-state index contributed by atoms with van der Waals surface area (Å²) >= 11 is 15.5. The highest BCUT2D eigenvalue weighted by molar-refractivity contribution is 9.10. The highest BCUT2D eigenvalue weighted by Gasteiger charge is 2.07. The number of hydrogen-bond donors (Lipinski definition) is 1. The SMILES string of the molecule is NCCCc1cc(Br)ccc1OCc1ccc(Cl)cc1Cl. The maximum absolute atomic E-state index is 6.16. The van der Waals surface area contributed by atoms with Crippen LogP contribution >= 0.6 is 39.1 Å². The highest BCUT2D eigenvalue weighted by Crippen LogP contribution is 2.27. The zero-order valence-electron chi connectivity index (χ0n) is 11.4.